The molecule has 2 rings (SSSR count). The molecule has 0 aliphatic carbocycles. The first-order chi connectivity index (χ1) is 8.99. The highest BCUT2D eigenvalue weighted by Crippen LogP contribution is 2.24. The number of aromatic nitrogens is 1. The Hall–Kier alpha value is -2.11. The molecule has 2 unspecified atom stereocenters. The molecule has 2 atom stereocenters. The summed E-state index contributed by atoms with van der Waals surface area (Å²) in [6.45, 7) is 2.27. The van der Waals surface area contributed by atoms with Crippen LogP contribution in [0.5, 0.6) is 0 Å². The standard InChI is InChI=1S/C13H16N2O4/c1-8-6-9(13(18)19)4-5-15(8)12(17)10-2-3-11(16)14-7-10/h2-3,7-9H,4-6H2,1H3,(H,14,16)(H,18,19). The van der Waals surface area contributed by atoms with Crippen LogP contribution in [0, 0.1) is 5.92 Å². The fourth-order valence-corrected chi connectivity index (χ4v) is 2.41. The molecule has 0 saturated carbocycles. The third-order valence-electron chi connectivity index (χ3n) is 3.52. The smallest absolute Gasteiger partial charge is 0.306 e. The predicted molar refractivity (Wildman–Crippen MR) is 67.9 cm³/mol. The summed E-state index contributed by atoms with van der Waals surface area (Å²) < 4.78 is 0. The van der Waals surface area contributed by atoms with Crippen molar-refractivity contribution in [1.29, 1.82) is 0 Å². The van der Waals surface area contributed by atoms with E-state index in [1.807, 2.05) is 6.92 Å². The predicted octanol–water partition coefficient (Wildman–Crippen LogP) is 0.700. The van der Waals surface area contributed by atoms with Gasteiger partial charge in [-0.3, -0.25) is 14.4 Å². The van der Waals surface area contributed by atoms with Gasteiger partial charge in [-0.2, -0.15) is 0 Å². The van der Waals surface area contributed by atoms with Gasteiger partial charge in [0, 0.05) is 24.8 Å². The SMILES string of the molecule is CC1CC(C(=O)O)CCN1C(=O)c1ccc(=O)[nH]c1. The number of H-pyrrole nitrogens is 1. The zero-order valence-corrected chi connectivity index (χ0v) is 10.6. The van der Waals surface area contributed by atoms with E-state index in [9.17, 15) is 14.4 Å². The van der Waals surface area contributed by atoms with Crippen LogP contribution in [0.2, 0.25) is 0 Å². The first kappa shape index (κ1) is 13.3. The summed E-state index contributed by atoms with van der Waals surface area (Å²) in [4.78, 5) is 38.3. The lowest BCUT2D eigenvalue weighted by Gasteiger charge is -2.36. The molecule has 0 bridgehead atoms. The highest BCUT2D eigenvalue weighted by Gasteiger charge is 2.32. The molecule has 1 aliphatic heterocycles. The molecule has 2 N–H and O–H groups in total. The van der Waals surface area contributed by atoms with Gasteiger partial charge in [0.15, 0.2) is 0 Å². The van der Waals surface area contributed by atoms with Gasteiger partial charge in [-0.05, 0) is 25.8 Å². The number of aliphatic carboxylic acids is 1. The molecular weight excluding hydrogens is 248 g/mol. The molecule has 6 nitrogen and oxygen atoms in total. The molecule has 1 saturated heterocycles. The summed E-state index contributed by atoms with van der Waals surface area (Å²) >= 11 is 0. The van der Waals surface area contributed by atoms with E-state index in [2.05, 4.69) is 4.98 Å². The average molecular weight is 264 g/mol. The van der Waals surface area contributed by atoms with Gasteiger partial charge in [0.25, 0.3) is 5.91 Å². The lowest BCUT2D eigenvalue weighted by Crippen LogP contribution is -2.46. The Labute approximate surface area is 110 Å². The van der Waals surface area contributed by atoms with Crippen LogP contribution in [0.3, 0.4) is 0 Å². The lowest BCUT2D eigenvalue weighted by molar-refractivity contribution is -0.143. The molecule has 0 radical (unpaired) electrons. The molecule has 6 heteroatoms. The minimum atomic E-state index is -0.803. The van der Waals surface area contributed by atoms with Gasteiger partial charge in [-0.1, -0.05) is 0 Å². The van der Waals surface area contributed by atoms with Crippen LogP contribution in [0.15, 0.2) is 23.1 Å². The van der Waals surface area contributed by atoms with E-state index in [-0.39, 0.29) is 23.4 Å². The van der Waals surface area contributed by atoms with Crippen molar-refractivity contribution in [1.82, 2.24) is 9.88 Å². The van der Waals surface area contributed by atoms with Gasteiger partial charge < -0.3 is 15.0 Å². The van der Waals surface area contributed by atoms with E-state index in [0.717, 1.165) is 0 Å². The van der Waals surface area contributed by atoms with Crippen molar-refractivity contribution < 1.29 is 14.7 Å². The van der Waals surface area contributed by atoms with Crippen LogP contribution in [0.25, 0.3) is 0 Å². The number of piperidine rings is 1. The number of carbonyl (C=O) groups excluding carboxylic acids is 1. The van der Waals surface area contributed by atoms with Crippen LogP contribution < -0.4 is 5.56 Å². The molecule has 0 aromatic carbocycles. The third kappa shape index (κ3) is 2.83. The van der Waals surface area contributed by atoms with Crippen LogP contribution in [-0.4, -0.2) is 39.5 Å². The van der Waals surface area contributed by atoms with E-state index in [0.29, 0.717) is 24.9 Å². The first-order valence-electron chi connectivity index (χ1n) is 6.21. The van der Waals surface area contributed by atoms with Gasteiger partial charge in [0.05, 0.1) is 11.5 Å². The molecule has 1 fully saturated rings. The van der Waals surface area contributed by atoms with Crippen molar-refractivity contribution in [3.05, 3.63) is 34.2 Å². The van der Waals surface area contributed by atoms with Gasteiger partial charge in [-0.25, -0.2) is 0 Å². The number of amides is 1. The maximum atomic E-state index is 12.3. The highest BCUT2D eigenvalue weighted by molar-refractivity contribution is 5.94. The van der Waals surface area contributed by atoms with Crippen molar-refractivity contribution in [3.63, 3.8) is 0 Å². The fourth-order valence-electron chi connectivity index (χ4n) is 2.41. The van der Waals surface area contributed by atoms with E-state index in [1.165, 1.54) is 18.3 Å². The molecule has 1 aromatic heterocycles. The Bertz CT molecular complexity index is 531. The monoisotopic (exact) mass is 264 g/mol. The summed E-state index contributed by atoms with van der Waals surface area (Å²) in [6.07, 6.45) is 2.32. The number of carboxylic acid groups (broad SMARTS) is 1. The molecule has 2 heterocycles. The third-order valence-corrected chi connectivity index (χ3v) is 3.52. The lowest BCUT2D eigenvalue weighted by atomic mass is 9.91. The Balaban J connectivity index is 2.10. The second-order valence-electron chi connectivity index (χ2n) is 4.85. The normalized spacial score (nSPS) is 23.1. The Morgan fingerprint density at radius 1 is 1.42 bits per heavy atom. The summed E-state index contributed by atoms with van der Waals surface area (Å²) in [5.41, 5.74) is 0.161. The van der Waals surface area contributed by atoms with Crippen LogP contribution in [0.1, 0.15) is 30.1 Å². The number of nitrogens with zero attached hydrogens (tertiary/aromatic N) is 1. The van der Waals surface area contributed by atoms with Crippen LogP contribution in [0.4, 0.5) is 0 Å². The maximum absolute atomic E-state index is 12.3. The van der Waals surface area contributed by atoms with Crippen molar-refractivity contribution in [2.24, 2.45) is 5.92 Å². The Morgan fingerprint density at radius 2 is 2.16 bits per heavy atom. The van der Waals surface area contributed by atoms with Crippen molar-refractivity contribution >= 4 is 11.9 Å². The van der Waals surface area contributed by atoms with E-state index < -0.39 is 5.97 Å². The quantitative estimate of drug-likeness (QED) is 0.822. The summed E-state index contributed by atoms with van der Waals surface area (Å²) in [6, 6.07) is 2.67. The van der Waals surface area contributed by atoms with E-state index in [1.54, 1.807) is 4.90 Å². The van der Waals surface area contributed by atoms with Gasteiger partial charge in [-0.15, -0.1) is 0 Å². The molecular formula is C13H16N2O4. The number of carbonyl (C=O) groups is 2. The summed E-state index contributed by atoms with van der Waals surface area (Å²) in [5.74, 6) is -1.36. The summed E-state index contributed by atoms with van der Waals surface area (Å²) in [5, 5.41) is 8.99. The Kier molecular flexibility index (Phi) is 3.69. The van der Waals surface area contributed by atoms with Gasteiger partial charge in [0.1, 0.15) is 0 Å². The Morgan fingerprint density at radius 3 is 2.68 bits per heavy atom. The van der Waals surface area contributed by atoms with Crippen LogP contribution >= 0.6 is 0 Å². The maximum Gasteiger partial charge on any atom is 0.306 e. The molecule has 1 amide bonds. The summed E-state index contributed by atoms with van der Waals surface area (Å²) in [7, 11) is 0. The molecule has 1 aliphatic rings. The molecule has 102 valence electrons. The fraction of sp³-hybridized carbons (Fsp3) is 0.462. The van der Waals surface area contributed by atoms with E-state index >= 15 is 0 Å². The van der Waals surface area contributed by atoms with Crippen molar-refractivity contribution in [2.75, 3.05) is 6.54 Å². The number of hydrogen-bond acceptors (Lipinski definition) is 3. The molecule has 1 aromatic rings. The van der Waals surface area contributed by atoms with Gasteiger partial charge in [0.2, 0.25) is 5.56 Å². The van der Waals surface area contributed by atoms with Gasteiger partial charge >= 0.3 is 5.97 Å². The second-order valence-corrected chi connectivity index (χ2v) is 4.85. The number of carboxylic acids is 1. The minimum Gasteiger partial charge on any atom is -0.481 e. The van der Waals surface area contributed by atoms with E-state index in [4.69, 9.17) is 5.11 Å². The zero-order chi connectivity index (χ0) is 14.0. The molecule has 19 heavy (non-hydrogen) atoms. The number of aromatic amines is 1. The van der Waals surface area contributed by atoms with Crippen molar-refractivity contribution in [3.8, 4) is 0 Å². The molecule has 0 spiro atoms. The number of likely N-dealkylation sites (tertiary alicyclic amines) is 1. The highest BCUT2D eigenvalue weighted by atomic mass is 16.4. The second kappa shape index (κ2) is 5.26. The van der Waals surface area contributed by atoms with Crippen LogP contribution in [-0.2, 0) is 4.79 Å². The number of pyridine rings is 1. The van der Waals surface area contributed by atoms with Crippen molar-refractivity contribution in [2.45, 2.75) is 25.8 Å². The number of rotatable bonds is 2. The zero-order valence-electron chi connectivity index (χ0n) is 10.6. The number of hydrogen-bond donors (Lipinski definition) is 2. The largest absolute Gasteiger partial charge is 0.481 e. The topological polar surface area (TPSA) is 90.5 Å². The average Bonchev–Trinajstić information content (AvgIpc) is 2.38. The first-order valence-corrected chi connectivity index (χ1v) is 6.21. The minimum absolute atomic E-state index is 0.116. The number of nitrogens with one attached hydrogen (secondary N) is 1.